The third-order valence-electron chi connectivity index (χ3n) is 3.67. The number of carbonyl (C=O) groups is 1. The number of hydrogen-bond donors (Lipinski definition) is 2. The van der Waals surface area contributed by atoms with E-state index in [-0.39, 0.29) is 18.1 Å². The summed E-state index contributed by atoms with van der Waals surface area (Å²) in [6.07, 6.45) is 1.29. The number of nitrogens with zero attached hydrogens (tertiary/aromatic N) is 1. The molecule has 1 aromatic carbocycles. The highest BCUT2D eigenvalue weighted by atomic mass is 35.5. The van der Waals surface area contributed by atoms with Gasteiger partial charge in [-0.05, 0) is 37.5 Å². The molecule has 1 fully saturated rings. The fraction of sp³-hybridized carbons (Fsp3) is 0.533. The van der Waals surface area contributed by atoms with Crippen LogP contribution < -0.4 is 5.32 Å². The Hall–Kier alpha value is -1.10. The van der Waals surface area contributed by atoms with Gasteiger partial charge in [0.05, 0.1) is 18.7 Å². The first-order valence-electron chi connectivity index (χ1n) is 7.00. The number of carbonyl (C=O) groups excluding carboxylic acids is 1. The normalized spacial score (nSPS) is 18.8. The highest BCUT2D eigenvalue weighted by molar-refractivity contribution is 6.30. The van der Waals surface area contributed by atoms with Crippen molar-refractivity contribution < 1.29 is 9.90 Å². The van der Waals surface area contributed by atoms with Crippen LogP contribution in [0.4, 0.5) is 0 Å². The van der Waals surface area contributed by atoms with Crippen molar-refractivity contribution in [3.05, 3.63) is 34.9 Å². The summed E-state index contributed by atoms with van der Waals surface area (Å²) in [4.78, 5) is 14.1. The zero-order valence-electron chi connectivity index (χ0n) is 11.7. The molecule has 0 spiro atoms. The van der Waals surface area contributed by atoms with Gasteiger partial charge in [0, 0.05) is 18.1 Å². The molecule has 1 atom stereocenters. The van der Waals surface area contributed by atoms with Crippen molar-refractivity contribution in [1.29, 1.82) is 0 Å². The van der Waals surface area contributed by atoms with Crippen LogP contribution in [-0.4, -0.2) is 41.7 Å². The second kappa shape index (κ2) is 7.07. The summed E-state index contributed by atoms with van der Waals surface area (Å²) in [5.41, 5.74) is 1.04. The molecule has 0 bridgehead atoms. The second-order valence-electron chi connectivity index (χ2n) is 5.35. The zero-order chi connectivity index (χ0) is 14.5. The number of likely N-dealkylation sites (tertiary alicyclic amines) is 1. The maximum atomic E-state index is 12.0. The summed E-state index contributed by atoms with van der Waals surface area (Å²) in [5, 5.41) is 13.1. The van der Waals surface area contributed by atoms with E-state index in [1.165, 1.54) is 0 Å². The van der Waals surface area contributed by atoms with Crippen LogP contribution in [-0.2, 0) is 4.79 Å². The highest BCUT2D eigenvalue weighted by Crippen LogP contribution is 2.16. The summed E-state index contributed by atoms with van der Waals surface area (Å²) in [7, 11) is 0. The van der Waals surface area contributed by atoms with E-state index in [0.29, 0.717) is 11.6 Å². The summed E-state index contributed by atoms with van der Waals surface area (Å²) in [6, 6.07) is 7.46. The first-order chi connectivity index (χ1) is 9.54. The standard InChI is InChI=1S/C15H21ClN2O2/c1-11(12-2-4-13(16)5-3-12)17-15(20)10-18-8-6-14(19)7-9-18/h2-5,11,14,19H,6-10H2,1H3,(H,17,20). The molecule has 1 unspecified atom stereocenters. The lowest BCUT2D eigenvalue weighted by Crippen LogP contribution is -2.43. The zero-order valence-corrected chi connectivity index (χ0v) is 12.4. The van der Waals surface area contributed by atoms with Crippen molar-refractivity contribution in [3.63, 3.8) is 0 Å². The second-order valence-corrected chi connectivity index (χ2v) is 5.78. The molecule has 110 valence electrons. The fourth-order valence-electron chi connectivity index (χ4n) is 2.40. The van der Waals surface area contributed by atoms with Gasteiger partial charge in [-0.2, -0.15) is 0 Å². The molecule has 1 heterocycles. The van der Waals surface area contributed by atoms with E-state index >= 15 is 0 Å². The molecule has 2 rings (SSSR count). The van der Waals surface area contributed by atoms with Gasteiger partial charge in [0.25, 0.3) is 0 Å². The minimum Gasteiger partial charge on any atom is -0.393 e. The summed E-state index contributed by atoms with van der Waals surface area (Å²) in [6.45, 7) is 3.92. The molecule has 2 N–H and O–H groups in total. The lowest BCUT2D eigenvalue weighted by atomic mass is 10.1. The molecule has 0 radical (unpaired) electrons. The van der Waals surface area contributed by atoms with Gasteiger partial charge in [0.1, 0.15) is 0 Å². The van der Waals surface area contributed by atoms with Gasteiger partial charge in [0.2, 0.25) is 5.91 Å². The van der Waals surface area contributed by atoms with Crippen molar-refractivity contribution in [2.45, 2.75) is 31.9 Å². The molecule has 4 nitrogen and oxygen atoms in total. The maximum Gasteiger partial charge on any atom is 0.234 e. The number of halogens is 1. The summed E-state index contributed by atoms with van der Waals surface area (Å²) < 4.78 is 0. The topological polar surface area (TPSA) is 52.6 Å². The molecule has 1 aliphatic heterocycles. The Labute approximate surface area is 124 Å². The van der Waals surface area contributed by atoms with Crippen LogP contribution in [0.25, 0.3) is 0 Å². The van der Waals surface area contributed by atoms with Crippen LogP contribution in [0.1, 0.15) is 31.4 Å². The Kier molecular flexibility index (Phi) is 5.40. The van der Waals surface area contributed by atoms with Crippen molar-refractivity contribution in [3.8, 4) is 0 Å². The van der Waals surface area contributed by atoms with Crippen molar-refractivity contribution >= 4 is 17.5 Å². The van der Waals surface area contributed by atoms with E-state index < -0.39 is 0 Å². The monoisotopic (exact) mass is 296 g/mol. The fourth-order valence-corrected chi connectivity index (χ4v) is 2.53. The van der Waals surface area contributed by atoms with Crippen LogP contribution in [0.2, 0.25) is 5.02 Å². The number of aliphatic hydroxyl groups excluding tert-OH is 1. The Morgan fingerprint density at radius 3 is 2.60 bits per heavy atom. The molecule has 0 aromatic heterocycles. The molecule has 1 saturated heterocycles. The average molecular weight is 297 g/mol. The van der Waals surface area contributed by atoms with Gasteiger partial charge >= 0.3 is 0 Å². The average Bonchev–Trinajstić information content (AvgIpc) is 2.42. The third-order valence-corrected chi connectivity index (χ3v) is 3.92. The molecular weight excluding hydrogens is 276 g/mol. The first-order valence-corrected chi connectivity index (χ1v) is 7.37. The smallest absolute Gasteiger partial charge is 0.234 e. The van der Waals surface area contributed by atoms with Crippen LogP contribution in [0.3, 0.4) is 0 Å². The van der Waals surface area contributed by atoms with Gasteiger partial charge < -0.3 is 10.4 Å². The number of amides is 1. The third kappa shape index (κ3) is 4.47. The molecule has 0 saturated carbocycles. The number of hydrogen-bond acceptors (Lipinski definition) is 3. The molecular formula is C15H21ClN2O2. The Bertz CT molecular complexity index is 442. The molecule has 5 heteroatoms. The molecule has 1 aromatic rings. The van der Waals surface area contributed by atoms with Crippen LogP contribution in [0.15, 0.2) is 24.3 Å². The number of benzene rings is 1. The van der Waals surface area contributed by atoms with E-state index in [0.717, 1.165) is 31.5 Å². The van der Waals surface area contributed by atoms with E-state index in [4.69, 9.17) is 11.6 Å². The van der Waals surface area contributed by atoms with Crippen molar-refractivity contribution in [1.82, 2.24) is 10.2 Å². The van der Waals surface area contributed by atoms with Crippen molar-refractivity contribution in [2.24, 2.45) is 0 Å². The van der Waals surface area contributed by atoms with Gasteiger partial charge in [-0.3, -0.25) is 9.69 Å². The van der Waals surface area contributed by atoms with E-state index in [1.54, 1.807) is 0 Å². The largest absolute Gasteiger partial charge is 0.393 e. The number of rotatable bonds is 4. The predicted molar refractivity (Wildman–Crippen MR) is 79.7 cm³/mol. The summed E-state index contributed by atoms with van der Waals surface area (Å²) >= 11 is 5.85. The van der Waals surface area contributed by atoms with E-state index in [9.17, 15) is 9.90 Å². The quantitative estimate of drug-likeness (QED) is 0.893. The first kappa shape index (κ1) is 15.3. The van der Waals surface area contributed by atoms with Gasteiger partial charge in [-0.15, -0.1) is 0 Å². The van der Waals surface area contributed by atoms with E-state index in [1.807, 2.05) is 31.2 Å². The lowest BCUT2D eigenvalue weighted by molar-refractivity contribution is -0.123. The van der Waals surface area contributed by atoms with Gasteiger partial charge in [0.15, 0.2) is 0 Å². The summed E-state index contributed by atoms with van der Waals surface area (Å²) in [5.74, 6) is 0.0174. The Balaban J connectivity index is 1.80. The highest BCUT2D eigenvalue weighted by Gasteiger charge is 2.19. The predicted octanol–water partition coefficient (Wildman–Crippen LogP) is 1.97. The van der Waals surface area contributed by atoms with Crippen molar-refractivity contribution in [2.75, 3.05) is 19.6 Å². The van der Waals surface area contributed by atoms with Crippen LogP contribution in [0, 0.1) is 0 Å². The number of aliphatic hydroxyl groups is 1. The van der Waals surface area contributed by atoms with Gasteiger partial charge in [-0.25, -0.2) is 0 Å². The lowest BCUT2D eigenvalue weighted by Gasteiger charge is -2.29. The van der Waals surface area contributed by atoms with Gasteiger partial charge in [-0.1, -0.05) is 23.7 Å². The minimum absolute atomic E-state index is 0.0174. The molecule has 1 aliphatic rings. The van der Waals surface area contributed by atoms with Crippen LogP contribution in [0.5, 0.6) is 0 Å². The number of nitrogens with one attached hydrogen (secondary N) is 1. The minimum atomic E-state index is -0.206. The molecule has 20 heavy (non-hydrogen) atoms. The SMILES string of the molecule is CC(NC(=O)CN1CCC(O)CC1)c1ccc(Cl)cc1. The Morgan fingerprint density at radius 2 is 2.00 bits per heavy atom. The molecule has 0 aliphatic carbocycles. The Morgan fingerprint density at radius 1 is 1.40 bits per heavy atom. The maximum absolute atomic E-state index is 12.0. The number of piperidine rings is 1. The van der Waals surface area contributed by atoms with Crippen LogP contribution >= 0.6 is 11.6 Å². The molecule has 1 amide bonds. The van der Waals surface area contributed by atoms with E-state index in [2.05, 4.69) is 10.2 Å².